The summed E-state index contributed by atoms with van der Waals surface area (Å²) < 4.78 is 9.40. The Hall–Kier alpha value is -8.34. The highest BCUT2D eigenvalue weighted by Crippen LogP contribution is 2.44. The molecule has 1 aliphatic rings. The molecule has 14 rings (SSSR count). The zero-order valence-corrected chi connectivity index (χ0v) is 36.9. The Morgan fingerprint density at radius 3 is 1.78 bits per heavy atom. The van der Waals surface area contributed by atoms with Crippen LogP contribution in [0.2, 0.25) is 0 Å². The summed E-state index contributed by atoms with van der Waals surface area (Å²) in [5.41, 5.74) is 9.45. The van der Waals surface area contributed by atoms with E-state index in [0.29, 0.717) is 0 Å². The normalized spacial score (nSPS) is 15.9. The first-order chi connectivity index (χ1) is 33.1. The second kappa shape index (κ2) is 14.8. The zero-order chi connectivity index (χ0) is 44.2. The highest BCUT2D eigenvalue weighted by molar-refractivity contribution is 6.18. The molecule has 0 saturated carbocycles. The average Bonchev–Trinajstić information content (AvgIpc) is 3.91. The second-order valence-electron chi connectivity index (χ2n) is 18.5. The first-order valence-electron chi connectivity index (χ1n) is 23.5. The van der Waals surface area contributed by atoms with Gasteiger partial charge < -0.3 is 8.98 Å². The minimum absolute atomic E-state index is 0.142. The number of nitrogens with zero attached hydrogens (tertiary/aromatic N) is 3. The minimum Gasteiger partial charge on any atom is -0.456 e. The molecule has 0 spiro atoms. The van der Waals surface area contributed by atoms with Gasteiger partial charge in [-0.25, -0.2) is 4.99 Å². The molecule has 13 aromatic rings. The van der Waals surface area contributed by atoms with E-state index in [-0.39, 0.29) is 12.0 Å². The molecule has 0 amide bonds. The molecule has 1 aliphatic heterocycles. The van der Waals surface area contributed by atoms with Gasteiger partial charge in [-0.05, 0) is 127 Å². The Morgan fingerprint density at radius 2 is 1.03 bits per heavy atom. The van der Waals surface area contributed by atoms with Crippen molar-refractivity contribution >= 4 is 109 Å². The van der Waals surface area contributed by atoms with Crippen LogP contribution in [0.1, 0.15) is 42.5 Å². The molecule has 0 N–H and O–H groups in total. The first-order valence-corrected chi connectivity index (χ1v) is 23.5. The number of hydrogen-bond donors (Lipinski definition) is 0. The van der Waals surface area contributed by atoms with Gasteiger partial charge in [0.1, 0.15) is 11.2 Å². The first kappa shape index (κ1) is 38.0. The van der Waals surface area contributed by atoms with Crippen molar-refractivity contribution in [3.05, 3.63) is 223 Å². The minimum atomic E-state index is -0.257. The molecule has 2 unspecified atom stereocenters. The maximum absolute atomic E-state index is 6.95. The van der Waals surface area contributed by atoms with E-state index in [1.54, 1.807) is 0 Å². The van der Waals surface area contributed by atoms with E-state index in [0.717, 1.165) is 68.7 Å². The number of hydrogen-bond acceptors (Lipinski definition) is 3. The second-order valence-corrected chi connectivity index (χ2v) is 18.5. The molecule has 11 aromatic carbocycles. The molecule has 4 heteroatoms. The molecule has 0 bridgehead atoms. The van der Waals surface area contributed by atoms with Crippen molar-refractivity contribution in [3.63, 3.8) is 0 Å². The van der Waals surface area contributed by atoms with Crippen LogP contribution in [-0.4, -0.2) is 16.1 Å². The number of aromatic nitrogens is 1. The molecule has 0 radical (unpaired) electrons. The number of aliphatic imine (C=N–C) groups is 2. The van der Waals surface area contributed by atoms with Gasteiger partial charge in [0, 0.05) is 38.4 Å². The molecule has 0 aliphatic carbocycles. The third-order valence-electron chi connectivity index (χ3n) is 14.6. The Bertz CT molecular complexity index is 4260. The summed E-state index contributed by atoms with van der Waals surface area (Å²) in [5, 5.41) is 17.0. The SMILES string of the molecule is CC1CCC(c2ccc3c(ccc4ccccc43)c2)=NC(c2ccc3c(ccc4ccccc43)c2)=NC1c1cc(-n2c3ccccc3c3cc4ccccc4cc32)cc2c1oc1ccccc12. The number of para-hydroxylation sites is 2. The fourth-order valence-corrected chi connectivity index (χ4v) is 11.2. The van der Waals surface area contributed by atoms with Gasteiger partial charge >= 0.3 is 0 Å². The Morgan fingerprint density at radius 1 is 0.448 bits per heavy atom. The van der Waals surface area contributed by atoms with E-state index in [2.05, 4.69) is 218 Å². The van der Waals surface area contributed by atoms with Crippen molar-refractivity contribution in [3.8, 4) is 5.69 Å². The molecule has 2 atom stereocenters. The maximum atomic E-state index is 6.95. The van der Waals surface area contributed by atoms with Gasteiger partial charge in [-0.3, -0.25) is 4.99 Å². The standard InChI is InChI=1S/C63H43N3O/c1-38-22-31-57(45-27-29-50-43(32-45)25-23-39-12-4-6-16-48(39)50)64-63(46-28-30-51-44(33-46)26-24-40-13-5-7-17-49(40)51)65-61(38)56-37-47(36-55-53-19-9-11-21-60(53)67-62(55)56)66-58-20-10-8-18-52(58)54-34-41-14-2-3-15-42(41)35-59(54)66/h2-21,23-30,32-38,61H,22,31H2,1H3. The summed E-state index contributed by atoms with van der Waals surface area (Å²) in [4.78, 5) is 11.5. The molecule has 2 aromatic heterocycles. The topological polar surface area (TPSA) is 42.8 Å². The van der Waals surface area contributed by atoms with Gasteiger partial charge in [0.15, 0.2) is 5.84 Å². The van der Waals surface area contributed by atoms with Crippen molar-refractivity contribution in [2.45, 2.75) is 25.8 Å². The number of furan rings is 1. The van der Waals surface area contributed by atoms with Crippen LogP contribution < -0.4 is 0 Å². The molecule has 67 heavy (non-hydrogen) atoms. The fourth-order valence-electron chi connectivity index (χ4n) is 11.2. The quantitative estimate of drug-likeness (QED) is 0.163. The highest BCUT2D eigenvalue weighted by Gasteiger charge is 2.29. The van der Waals surface area contributed by atoms with Crippen molar-refractivity contribution in [2.75, 3.05) is 0 Å². The van der Waals surface area contributed by atoms with Gasteiger partial charge in [-0.15, -0.1) is 0 Å². The zero-order valence-electron chi connectivity index (χ0n) is 36.9. The number of fused-ring (bicyclic) bond motifs is 13. The summed E-state index contributed by atoms with van der Waals surface area (Å²) in [5.74, 6) is 0.876. The van der Waals surface area contributed by atoms with Crippen molar-refractivity contribution in [1.82, 2.24) is 4.57 Å². The lowest BCUT2D eigenvalue weighted by Gasteiger charge is -2.26. The predicted molar refractivity (Wildman–Crippen MR) is 283 cm³/mol. The summed E-state index contributed by atoms with van der Waals surface area (Å²) in [6.45, 7) is 2.36. The third kappa shape index (κ3) is 6.06. The average molecular weight is 858 g/mol. The highest BCUT2D eigenvalue weighted by atomic mass is 16.3. The summed E-state index contributed by atoms with van der Waals surface area (Å²) in [6, 6.07) is 74.9. The van der Waals surface area contributed by atoms with Crippen molar-refractivity contribution in [1.29, 1.82) is 0 Å². The van der Waals surface area contributed by atoms with E-state index < -0.39 is 0 Å². The lowest BCUT2D eigenvalue weighted by molar-refractivity contribution is 0.444. The molecule has 316 valence electrons. The van der Waals surface area contributed by atoms with Gasteiger partial charge in [0.2, 0.25) is 0 Å². The number of benzene rings is 11. The molecule has 3 heterocycles. The van der Waals surface area contributed by atoms with Crippen LogP contribution in [0.15, 0.2) is 221 Å². The van der Waals surface area contributed by atoms with Crippen molar-refractivity contribution in [2.24, 2.45) is 15.9 Å². The molecule has 0 fully saturated rings. The predicted octanol–water partition coefficient (Wildman–Crippen LogP) is 16.9. The van der Waals surface area contributed by atoms with Crippen LogP contribution in [0.3, 0.4) is 0 Å². The van der Waals surface area contributed by atoms with Crippen LogP contribution in [0, 0.1) is 5.92 Å². The van der Waals surface area contributed by atoms with Crippen LogP contribution in [-0.2, 0) is 0 Å². The van der Waals surface area contributed by atoms with Gasteiger partial charge in [-0.1, -0.05) is 165 Å². The van der Waals surface area contributed by atoms with Gasteiger partial charge in [0.05, 0.1) is 22.8 Å². The largest absolute Gasteiger partial charge is 0.456 e. The molecule has 4 nitrogen and oxygen atoms in total. The van der Waals surface area contributed by atoms with Crippen LogP contribution >= 0.6 is 0 Å². The number of rotatable bonds is 4. The Labute approximate surface area is 386 Å². The third-order valence-corrected chi connectivity index (χ3v) is 14.6. The van der Waals surface area contributed by atoms with Gasteiger partial charge in [0.25, 0.3) is 0 Å². The van der Waals surface area contributed by atoms with E-state index in [1.165, 1.54) is 75.7 Å². The summed E-state index contributed by atoms with van der Waals surface area (Å²) in [6.07, 6.45) is 1.70. The van der Waals surface area contributed by atoms with Crippen LogP contribution in [0.4, 0.5) is 0 Å². The molecular formula is C63H43N3O. The monoisotopic (exact) mass is 857 g/mol. The smallest absolute Gasteiger partial charge is 0.155 e. The van der Waals surface area contributed by atoms with E-state index in [4.69, 9.17) is 14.4 Å². The number of amidine groups is 1. The van der Waals surface area contributed by atoms with E-state index in [1.807, 2.05) is 0 Å². The maximum Gasteiger partial charge on any atom is 0.155 e. The van der Waals surface area contributed by atoms with Gasteiger partial charge in [-0.2, -0.15) is 0 Å². The molecule has 0 saturated heterocycles. The van der Waals surface area contributed by atoms with E-state index >= 15 is 0 Å². The Balaban J connectivity index is 1.02. The lowest BCUT2D eigenvalue weighted by atomic mass is 9.87. The van der Waals surface area contributed by atoms with E-state index in [9.17, 15) is 0 Å². The van der Waals surface area contributed by atoms with Crippen LogP contribution in [0.5, 0.6) is 0 Å². The molecular weight excluding hydrogens is 815 g/mol. The summed E-state index contributed by atoms with van der Waals surface area (Å²) in [7, 11) is 0. The fraction of sp³-hybridized carbons (Fsp3) is 0.0794. The van der Waals surface area contributed by atoms with Crippen LogP contribution in [0.25, 0.3) is 103 Å². The lowest BCUT2D eigenvalue weighted by Crippen LogP contribution is -2.18. The summed E-state index contributed by atoms with van der Waals surface area (Å²) >= 11 is 0. The van der Waals surface area contributed by atoms with Crippen molar-refractivity contribution < 1.29 is 4.42 Å². The Kier molecular flexibility index (Phi) is 8.42.